The molecule has 0 fully saturated rings. The first-order chi connectivity index (χ1) is 12.6. The van der Waals surface area contributed by atoms with Crippen LogP contribution in [0.1, 0.15) is 18.4 Å². The smallest absolute Gasteiger partial charge is 0.265 e. The van der Waals surface area contributed by atoms with Gasteiger partial charge in [0.15, 0.2) is 6.61 Å². The van der Waals surface area contributed by atoms with Crippen molar-refractivity contribution in [3.05, 3.63) is 53.8 Å². The highest BCUT2D eigenvalue weighted by Gasteiger charge is 2.29. The predicted molar refractivity (Wildman–Crippen MR) is 96.0 cm³/mol. The second-order valence-corrected chi connectivity index (χ2v) is 6.45. The lowest BCUT2D eigenvalue weighted by Crippen LogP contribution is -2.42. The fourth-order valence-corrected chi connectivity index (χ4v) is 3.59. The number of ether oxygens (including phenoxy) is 1. The Kier molecular flexibility index (Phi) is 4.32. The van der Waals surface area contributed by atoms with Gasteiger partial charge in [-0.05, 0) is 36.6 Å². The first-order valence-corrected chi connectivity index (χ1v) is 8.75. The van der Waals surface area contributed by atoms with Crippen LogP contribution in [-0.2, 0) is 16.0 Å². The molecular formula is C20H19FN2O3. The quantitative estimate of drug-likeness (QED) is 0.852. The van der Waals surface area contributed by atoms with E-state index in [1.165, 1.54) is 11.0 Å². The van der Waals surface area contributed by atoms with E-state index in [1.807, 2.05) is 18.2 Å². The lowest BCUT2D eigenvalue weighted by Gasteiger charge is -2.32. The van der Waals surface area contributed by atoms with Gasteiger partial charge in [-0.25, -0.2) is 4.39 Å². The summed E-state index contributed by atoms with van der Waals surface area (Å²) in [5.41, 5.74) is 1.91. The van der Waals surface area contributed by atoms with Crippen molar-refractivity contribution in [3.63, 3.8) is 0 Å². The predicted octanol–water partition coefficient (Wildman–Crippen LogP) is 2.92. The SMILES string of the molecule is O=C1COc2ccccc2N1CCC(=O)N1CCCc2cccc(F)c21. The summed E-state index contributed by atoms with van der Waals surface area (Å²) in [6.07, 6.45) is 1.71. The van der Waals surface area contributed by atoms with Crippen molar-refractivity contribution in [1.29, 1.82) is 0 Å². The molecule has 4 rings (SSSR count). The van der Waals surface area contributed by atoms with E-state index >= 15 is 0 Å². The van der Waals surface area contributed by atoms with Gasteiger partial charge in [0, 0.05) is 19.5 Å². The van der Waals surface area contributed by atoms with Crippen LogP contribution in [0.3, 0.4) is 0 Å². The topological polar surface area (TPSA) is 49.9 Å². The molecule has 0 unspecified atom stereocenters. The number of carbonyl (C=O) groups is 2. The number of amides is 2. The Hall–Kier alpha value is -2.89. The van der Waals surface area contributed by atoms with Crippen LogP contribution in [0.15, 0.2) is 42.5 Å². The van der Waals surface area contributed by atoms with E-state index in [9.17, 15) is 14.0 Å². The Morgan fingerprint density at radius 3 is 2.88 bits per heavy atom. The van der Waals surface area contributed by atoms with Crippen LogP contribution in [-0.4, -0.2) is 31.5 Å². The molecule has 2 amide bonds. The Balaban J connectivity index is 1.52. The van der Waals surface area contributed by atoms with Gasteiger partial charge in [0.25, 0.3) is 5.91 Å². The van der Waals surface area contributed by atoms with Crippen molar-refractivity contribution >= 4 is 23.2 Å². The number of anilines is 2. The van der Waals surface area contributed by atoms with Gasteiger partial charge in [-0.3, -0.25) is 9.59 Å². The largest absolute Gasteiger partial charge is 0.482 e. The third-order valence-corrected chi connectivity index (χ3v) is 4.83. The Morgan fingerprint density at radius 1 is 1.15 bits per heavy atom. The fraction of sp³-hybridized carbons (Fsp3) is 0.300. The molecule has 0 bridgehead atoms. The second kappa shape index (κ2) is 6.78. The highest BCUT2D eigenvalue weighted by atomic mass is 19.1. The number of rotatable bonds is 3. The first-order valence-electron chi connectivity index (χ1n) is 8.75. The molecule has 0 saturated carbocycles. The summed E-state index contributed by atoms with van der Waals surface area (Å²) in [7, 11) is 0. The van der Waals surface area contributed by atoms with E-state index in [0.29, 0.717) is 23.7 Å². The maximum absolute atomic E-state index is 14.3. The van der Waals surface area contributed by atoms with Gasteiger partial charge < -0.3 is 14.5 Å². The minimum Gasteiger partial charge on any atom is -0.482 e. The van der Waals surface area contributed by atoms with Crippen LogP contribution < -0.4 is 14.5 Å². The summed E-state index contributed by atoms with van der Waals surface area (Å²) in [5.74, 6) is -0.0909. The monoisotopic (exact) mass is 354 g/mol. The number of aryl methyl sites for hydroxylation is 1. The molecule has 0 atom stereocenters. The molecule has 0 spiro atoms. The second-order valence-electron chi connectivity index (χ2n) is 6.45. The van der Waals surface area contributed by atoms with Gasteiger partial charge >= 0.3 is 0 Å². The number of carbonyl (C=O) groups excluding carboxylic acids is 2. The van der Waals surface area contributed by atoms with Crippen LogP contribution >= 0.6 is 0 Å². The number of benzene rings is 2. The van der Waals surface area contributed by atoms with Gasteiger partial charge in [-0.2, -0.15) is 0 Å². The Morgan fingerprint density at radius 2 is 2.00 bits per heavy atom. The number of hydrogen-bond donors (Lipinski definition) is 0. The molecule has 0 aliphatic carbocycles. The van der Waals surface area contributed by atoms with E-state index in [4.69, 9.17) is 4.74 Å². The van der Waals surface area contributed by atoms with Gasteiger partial charge in [0.1, 0.15) is 11.6 Å². The van der Waals surface area contributed by atoms with E-state index in [0.717, 1.165) is 18.4 Å². The molecule has 0 aromatic heterocycles. The number of halogens is 1. The molecule has 26 heavy (non-hydrogen) atoms. The molecule has 6 heteroatoms. The standard InChI is InChI=1S/C20H19FN2O3/c21-15-7-3-5-14-6-4-11-23(20(14)15)18(24)10-12-22-16-8-1-2-9-17(16)26-13-19(22)25/h1-3,5,7-9H,4,6,10-13H2. The zero-order valence-corrected chi connectivity index (χ0v) is 14.3. The van der Waals surface area contributed by atoms with Gasteiger partial charge in [-0.1, -0.05) is 24.3 Å². The normalized spacial score (nSPS) is 16.0. The molecule has 2 aromatic carbocycles. The Labute approximate surface area is 151 Å². The summed E-state index contributed by atoms with van der Waals surface area (Å²) in [6, 6.07) is 12.2. The zero-order chi connectivity index (χ0) is 18.1. The lowest BCUT2D eigenvalue weighted by molar-refractivity contribution is -0.121. The van der Waals surface area contributed by atoms with Gasteiger partial charge in [-0.15, -0.1) is 0 Å². The molecule has 5 nitrogen and oxygen atoms in total. The van der Waals surface area contributed by atoms with Crippen LogP contribution in [0, 0.1) is 5.82 Å². The summed E-state index contributed by atoms with van der Waals surface area (Å²) in [5, 5.41) is 0. The van der Waals surface area contributed by atoms with E-state index in [1.54, 1.807) is 23.1 Å². The van der Waals surface area contributed by atoms with Crippen molar-refractivity contribution < 1.29 is 18.7 Å². The number of fused-ring (bicyclic) bond motifs is 2. The average molecular weight is 354 g/mol. The molecule has 2 aliphatic rings. The van der Waals surface area contributed by atoms with E-state index in [-0.39, 0.29) is 37.2 Å². The minimum absolute atomic E-state index is 0.0353. The third kappa shape index (κ3) is 2.92. The molecule has 2 aliphatic heterocycles. The number of hydrogen-bond acceptors (Lipinski definition) is 3. The van der Waals surface area contributed by atoms with Crippen LogP contribution in [0.25, 0.3) is 0 Å². The van der Waals surface area contributed by atoms with Crippen molar-refractivity contribution in [3.8, 4) is 5.75 Å². The molecule has 0 N–H and O–H groups in total. The zero-order valence-electron chi connectivity index (χ0n) is 14.3. The van der Waals surface area contributed by atoms with E-state index < -0.39 is 0 Å². The van der Waals surface area contributed by atoms with Crippen molar-refractivity contribution in [2.45, 2.75) is 19.3 Å². The highest BCUT2D eigenvalue weighted by molar-refractivity contribution is 6.00. The van der Waals surface area contributed by atoms with Crippen molar-refractivity contribution in [1.82, 2.24) is 0 Å². The fourth-order valence-electron chi connectivity index (χ4n) is 3.59. The molecule has 0 radical (unpaired) electrons. The summed E-state index contributed by atoms with van der Waals surface area (Å²) in [4.78, 5) is 28.1. The average Bonchev–Trinajstić information content (AvgIpc) is 2.67. The first kappa shape index (κ1) is 16.6. The molecule has 0 saturated heterocycles. The summed E-state index contributed by atoms with van der Waals surface area (Å²) in [6.45, 7) is 0.713. The highest BCUT2D eigenvalue weighted by Crippen LogP contribution is 2.33. The maximum Gasteiger partial charge on any atom is 0.265 e. The lowest BCUT2D eigenvalue weighted by atomic mass is 10.0. The number of para-hydroxylation sites is 3. The molecule has 134 valence electrons. The molecule has 2 heterocycles. The van der Waals surface area contributed by atoms with Gasteiger partial charge in [0.2, 0.25) is 5.91 Å². The molecule has 2 aromatic rings. The van der Waals surface area contributed by atoms with Crippen molar-refractivity contribution in [2.24, 2.45) is 0 Å². The maximum atomic E-state index is 14.3. The van der Waals surface area contributed by atoms with Crippen molar-refractivity contribution in [2.75, 3.05) is 29.5 Å². The minimum atomic E-state index is -0.372. The molecular weight excluding hydrogens is 335 g/mol. The number of nitrogens with zero attached hydrogens (tertiary/aromatic N) is 2. The van der Waals surface area contributed by atoms with E-state index in [2.05, 4.69) is 0 Å². The van der Waals surface area contributed by atoms with Crippen LogP contribution in [0.4, 0.5) is 15.8 Å². The van der Waals surface area contributed by atoms with Gasteiger partial charge in [0.05, 0.1) is 11.4 Å². The van der Waals surface area contributed by atoms with Crippen LogP contribution in [0.2, 0.25) is 0 Å². The Bertz CT molecular complexity index is 868. The van der Waals surface area contributed by atoms with Crippen LogP contribution in [0.5, 0.6) is 5.75 Å². The summed E-state index contributed by atoms with van der Waals surface area (Å²) < 4.78 is 19.7. The summed E-state index contributed by atoms with van der Waals surface area (Å²) >= 11 is 0. The third-order valence-electron chi connectivity index (χ3n) is 4.83.